The Kier molecular flexibility index (Phi) is 5.04. The Labute approximate surface area is 128 Å². The number of aliphatic hydroxyl groups excluding tert-OH is 1. The minimum absolute atomic E-state index is 0.0339. The molecular formula is C14H17NO4S2. The number of amides is 1. The second-order valence-corrected chi connectivity index (χ2v) is 8.28. The summed E-state index contributed by atoms with van der Waals surface area (Å²) < 4.78 is 22.9. The quantitative estimate of drug-likeness (QED) is 0.820. The lowest BCUT2D eigenvalue weighted by atomic mass is 10.1. The summed E-state index contributed by atoms with van der Waals surface area (Å²) in [5.74, 6) is 4.93. The van der Waals surface area contributed by atoms with Gasteiger partial charge in [0.1, 0.15) is 6.61 Å². The van der Waals surface area contributed by atoms with Crippen LogP contribution in [0.25, 0.3) is 0 Å². The molecule has 0 radical (unpaired) electrons. The van der Waals surface area contributed by atoms with E-state index in [4.69, 9.17) is 5.11 Å². The fourth-order valence-corrected chi connectivity index (χ4v) is 4.88. The van der Waals surface area contributed by atoms with Gasteiger partial charge < -0.3 is 10.0 Å². The highest BCUT2D eigenvalue weighted by Crippen LogP contribution is 2.22. The number of thiophene rings is 1. The van der Waals surface area contributed by atoms with Gasteiger partial charge in [-0.3, -0.25) is 4.79 Å². The normalized spacial score (nSPS) is 19.8. The first kappa shape index (κ1) is 16.0. The molecule has 0 bridgehead atoms. The molecule has 1 atom stereocenters. The molecule has 7 heteroatoms. The van der Waals surface area contributed by atoms with Crippen LogP contribution in [-0.4, -0.2) is 49.5 Å². The summed E-state index contributed by atoms with van der Waals surface area (Å²) >= 11 is 1.49. The van der Waals surface area contributed by atoms with E-state index < -0.39 is 15.8 Å². The van der Waals surface area contributed by atoms with Crippen LogP contribution in [0.2, 0.25) is 0 Å². The van der Waals surface area contributed by atoms with Crippen molar-refractivity contribution in [3.05, 3.63) is 21.9 Å². The van der Waals surface area contributed by atoms with E-state index in [1.54, 1.807) is 11.9 Å². The van der Waals surface area contributed by atoms with Crippen LogP contribution in [0.1, 0.15) is 16.9 Å². The predicted molar refractivity (Wildman–Crippen MR) is 81.5 cm³/mol. The fourth-order valence-electron chi connectivity index (χ4n) is 2.28. The van der Waals surface area contributed by atoms with E-state index in [2.05, 4.69) is 11.8 Å². The van der Waals surface area contributed by atoms with Crippen molar-refractivity contribution in [3.63, 3.8) is 0 Å². The van der Waals surface area contributed by atoms with Gasteiger partial charge in [-0.1, -0.05) is 11.8 Å². The Bertz CT molecular complexity index is 681. The fraction of sp³-hybridized carbons (Fsp3) is 0.500. The minimum atomic E-state index is -3.04. The van der Waals surface area contributed by atoms with Gasteiger partial charge in [-0.15, -0.1) is 11.3 Å². The number of carbonyl (C=O) groups excluding carboxylic acids is 1. The van der Waals surface area contributed by atoms with Crippen molar-refractivity contribution < 1.29 is 18.3 Å². The molecule has 2 heterocycles. The zero-order chi connectivity index (χ0) is 15.5. The molecule has 0 aliphatic carbocycles. The van der Waals surface area contributed by atoms with E-state index in [-0.39, 0.29) is 24.0 Å². The molecule has 1 amide bonds. The molecule has 0 spiro atoms. The molecule has 114 valence electrons. The van der Waals surface area contributed by atoms with Gasteiger partial charge in [-0.05, 0) is 12.5 Å². The summed E-state index contributed by atoms with van der Waals surface area (Å²) in [4.78, 5) is 14.8. The molecule has 1 fully saturated rings. The Hall–Kier alpha value is -1.36. The molecule has 0 aromatic carbocycles. The van der Waals surface area contributed by atoms with Gasteiger partial charge in [0.15, 0.2) is 9.84 Å². The minimum Gasteiger partial charge on any atom is -0.384 e. The van der Waals surface area contributed by atoms with Gasteiger partial charge >= 0.3 is 0 Å². The Morgan fingerprint density at radius 2 is 2.33 bits per heavy atom. The first-order valence-electron chi connectivity index (χ1n) is 6.54. The molecule has 1 N–H and O–H groups in total. The number of hydrogen-bond donors (Lipinski definition) is 1. The van der Waals surface area contributed by atoms with E-state index in [0.29, 0.717) is 13.0 Å². The number of rotatable bonds is 3. The average molecular weight is 327 g/mol. The van der Waals surface area contributed by atoms with Crippen molar-refractivity contribution in [2.45, 2.75) is 13.0 Å². The molecule has 1 aliphatic rings. The third-order valence-electron chi connectivity index (χ3n) is 3.32. The van der Waals surface area contributed by atoms with Crippen LogP contribution in [0.15, 0.2) is 11.4 Å². The lowest BCUT2D eigenvalue weighted by Crippen LogP contribution is -2.32. The topological polar surface area (TPSA) is 74.7 Å². The highest BCUT2D eigenvalue weighted by atomic mass is 32.2. The Balaban J connectivity index is 1.96. The highest BCUT2D eigenvalue weighted by Gasteiger charge is 2.34. The highest BCUT2D eigenvalue weighted by molar-refractivity contribution is 7.91. The van der Waals surface area contributed by atoms with Gasteiger partial charge in [-0.2, -0.15) is 0 Å². The largest absolute Gasteiger partial charge is 0.384 e. The van der Waals surface area contributed by atoms with Crippen molar-refractivity contribution >= 4 is 27.1 Å². The summed E-state index contributed by atoms with van der Waals surface area (Å²) in [6.07, 6.45) is 0.420. The van der Waals surface area contributed by atoms with E-state index in [1.807, 2.05) is 11.4 Å². The number of hydrogen-bond acceptors (Lipinski definition) is 5. The van der Waals surface area contributed by atoms with Gasteiger partial charge in [0.2, 0.25) is 5.91 Å². The molecule has 2 rings (SSSR count). The first-order chi connectivity index (χ1) is 9.91. The second-order valence-electron chi connectivity index (χ2n) is 5.06. The maximum Gasteiger partial charge on any atom is 0.226 e. The zero-order valence-corrected chi connectivity index (χ0v) is 13.3. The summed E-state index contributed by atoms with van der Waals surface area (Å²) in [6, 6.07) is 1.88. The molecule has 1 unspecified atom stereocenters. The van der Waals surface area contributed by atoms with Crippen LogP contribution in [-0.2, 0) is 21.2 Å². The van der Waals surface area contributed by atoms with E-state index in [9.17, 15) is 13.2 Å². The molecule has 1 aromatic rings. The maximum atomic E-state index is 12.2. The molecule has 1 aliphatic heterocycles. The standard InChI is InChI=1S/C14H17NO4S2/c1-15(14(17)12-4-6-21(18,19)10-12)8-13-7-11(9-20-13)3-2-5-16/h7,9,12,16H,4-6,8,10H2,1H3. The number of aliphatic hydroxyl groups is 1. The molecule has 1 aromatic heterocycles. The van der Waals surface area contributed by atoms with Crippen molar-refractivity contribution in [3.8, 4) is 11.8 Å². The van der Waals surface area contributed by atoms with Crippen molar-refractivity contribution in [2.75, 3.05) is 25.2 Å². The molecule has 1 saturated heterocycles. The van der Waals surface area contributed by atoms with E-state index >= 15 is 0 Å². The predicted octanol–water partition coefficient (Wildman–Crippen LogP) is 0.485. The van der Waals surface area contributed by atoms with Crippen LogP contribution in [0.5, 0.6) is 0 Å². The lowest BCUT2D eigenvalue weighted by molar-refractivity contribution is -0.133. The summed E-state index contributed by atoms with van der Waals surface area (Å²) in [5.41, 5.74) is 0.813. The molecule has 0 saturated carbocycles. The van der Waals surface area contributed by atoms with Crippen LogP contribution in [0.3, 0.4) is 0 Å². The van der Waals surface area contributed by atoms with Crippen molar-refractivity contribution in [1.29, 1.82) is 0 Å². The zero-order valence-electron chi connectivity index (χ0n) is 11.7. The summed E-state index contributed by atoms with van der Waals surface area (Å²) in [6.45, 7) is 0.264. The van der Waals surface area contributed by atoms with E-state index in [1.165, 1.54) is 11.3 Å². The summed E-state index contributed by atoms with van der Waals surface area (Å²) in [7, 11) is -1.35. The average Bonchev–Trinajstić information content (AvgIpc) is 3.02. The van der Waals surface area contributed by atoms with Gasteiger partial charge in [0, 0.05) is 22.9 Å². The molecular weight excluding hydrogens is 310 g/mol. The second kappa shape index (κ2) is 6.60. The van der Waals surface area contributed by atoms with Crippen LogP contribution < -0.4 is 0 Å². The number of nitrogens with zero attached hydrogens (tertiary/aromatic N) is 1. The van der Waals surface area contributed by atoms with Gasteiger partial charge in [0.25, 0.3) is 0 Å². The SMILES string of the molecule is CN(Cc1cc(C#CCO)cs1)C(=O)C1CCS(=O)(=O)C1. The van der Waals surface area contributed by atoms with Crippen molar-refractivity contribution in [2.24, 2.45) is 5.92 Å². The maximum absolute atomic E-state index is 12.2. The van der Waals surface area contributed by atoms with Gasteiger partial charge in [-0.25, -0.2) is 8.42 Å². The lowest BCUT2D eigenvalue weighted by Gasteiger charge is -2.19. The summed E-state index contributed by atoms with van der Waals surface area (Å²) in [5, 5.41) is 10.5. The van der Waals surface area contributed by atoms with Gasteiger partial charge in [0.05, 0.1) is 24.0 Å². The Morgan fingerprint density at radius 3 is 2.95 bits per heavy atom. The number of sulfone groups is 1. The first-order valence-corrected chi connectivity index (χ1v) is 9.24. The number of carbonyl (C=O) groups is 1. The molecule has 21 heavy (non-hydrogen) atoms. The van der Waals surface area contributed by atoms with Crippen molar-refractivity contribution in [1.82, 2.24) is 4.90 Å². The third-order valence-corrected chi connectivity index (χ3v) is 6.01. The molecule has 5 nitrogen and oxygen atoms in total. The van der Waals surface area contributed by atoms with E-state index in [0.717, 1.165) is 10.4 Å². The monoisotopic (exact) mass is 327 g/mol. The van der Waals surface area contributed by atoms with Crippen LogP contribution in [0, 0.1) is 17.8 Å². The van der Waals surface area contributed by atoms with Crippen LogP contribution in [0.4, 0.5) is 0 Å². The smallest absolute Gasteiger partial charge is 0.226 e. The third kappa shape index (κ3) is 4.30. The Morgan fingerprint density at radius 1 is 1.57 bits per heavy atom. The van der Waals surface area contributed by atoms with Crippen LogP contribution >= 0.6 is 11.3 Å².